The van der Waals surface area contributed by atoms with E-state index in [0.717, 1.165) is 33.3 Å². The number of H-pyrrole nitrogens is 1. The Kier molecular flexibility index (Phi) is 6.13. The number of aromatic amines is 1. The summed E-state index contributed by atoms with van der Waals surface area (Å²) in [7, 11) is 1.84. The van der Waals surface area contributed by atoms with Crippen LogP contribution in [0.15, 0.2) is 24.3 Å². The molecular weight excluding hydrogens is 330 g/mol. The third kappa shape index (κ3) is 4.30. The fourth-order valence-electron chi connectivity index (χ4n) is 2.55. The molecule has 23 heavy (non-hydrogen) atoms. The highest BCUT2D eigenvalue weighted by atomic mass is 35.5. The predicted molar refractivity (Wildman–Crippen MR) is 96.9 cm³/mol. The molecule has 1 aromatic heterocycles. The summed E-state index contributed by atoms with van der Waals surface area (Å²) in [6.45, 7) is 5.97. The minimum absolute atomic E-state index is 0.00200. The lowest BCUT2D eigenvalue weighted by Crippen LogP contribution is -2.31. The summed E-state index contributed by atoms with van der Waals surface area (Å²) in [5.74, 6) is 1.27. The van der Waals surface area contributed by atoms with Gasteiger partial charge in [-0.2, -0.15) is 5.10 Å². The SMILES string of the molecule is Cc1n[nH]c(C)c1[C@H](C)N(C)C(=O)CSCc1ccccc1Cl. The normalized spacial score (nSPS) is 12.2. The van der Waals surface area contributed by atoms with E-state index in [9.17, 15) is 4.79 Å². The van der Waals surface area contributed by atoms with Crippen LogP contribution in [0, 0.1) is 13.8 Å². The quantitative estimate of drug-likeness (QED) is 0.851. The molecule has 2 aromatic rings. The minimum atomic E-state index is 0.00200. The van der Waals surface area contributed by atoms with E-state index in [1.165, 1.54) is 0 Å². The highest BCUT2D eigenvalue weighted by molar-refractivity contribution is 7.99. The smallest absolute Gasteiger partial charge is 0.232 e. The summed E-state index contributed by atoms with van der Waals surface area (Å²) in [6, 6.07) is 7.74. The molecule has 1 amide bonds. The van der Waals surface area contributed by atoms with E-state index in [1.54, 1.807) is 16.7 Å². The number of carbonyl (C=O) groups excluding carboxylic acids is 1. The average Bonchev–Trinajstić information content (AvgIpc) is 2.86. The summed E-state index contributed by atoms with van der Waals surface area (Å²) in [4.78, 5) is 14.2. The Morgan fingerprint density at radius 2 is 2.09 bits per heavy atom. The minimum Gasteiger partial charge on any atom is -0.338 e. The van der Waals surface area contributed by atoms with Crippen LogP contribution >= 0.6 is 23.4 Å². The standard InChI is InChI=1S/C17H22ClN3OS/c1-11-17(12(2)20-19-11)13(3)21(4)16(22)10-23-9-14-7-5-6-8-15(14)18/h5-8,13H,9-10H2,1-4H3,(H,19,20)/t13-/m0/s1. The molecule has 4 nitrogen and oxygen atoms in total. The zero-order chi connectivity index (χ0) is 17.0. The molecule has 0 aliphatic rings. The maximum Gasteiger partial charge on any atom is 0.232 e. The first kappa shape index (κ1) is 17.9. The summed E-state index contributed by atoms with van der Waals surface area (Å²) < 4.78 is 0. The number of halogens is 1. The molecule has 0 aliphatic heterocycles. The van der Waals surface area contributed by atoms with Crippen molar-refractivity contribution in [3.63, 3.8) is 0 Å². The fraction of sp³-hybridized carbons (Fsp3) is 0.412. The van der Waals surface area contributed by atoms with Crippen LogP contribution in [-0.4, -0.2) is 33.8 Å². The Morgan fingerprint density at radius 1 is 1.39 bits per heavy atom. The zero-order valence-electron chi connectivity index (χ0n) is 13.9. The van der Waals surface area contributed by atoms with Gasteiger partial charge in [-0.25, -0.2) is 0 Å². The number of thioether (sulfide) groups is 1. The molecule has 2 rings (SSSR count). The van der Waals surface area contributed by atoms with Gasteiger partial charge in [-0.15, -0.1) is 11.8 Å². The van der Waals surface area contributed by atoms with Crippen LogP contribution in [0.5, 0.6) is 0 Å². The molecule has 1 atom stereocenters. The lowest BCUT2D eigenvalue weighted by molar-refractivity contribution is -0.128. The van der Waals surface area contributed by atoms with E-state index in [1.807, 2.05) is 52.1 Å². The Balaban J connectivity index is 1.91. The van der Waals surface area contributed by atoms with Crippen molar-refractivity contribution in [3.05, 3.63) is 51.8 Å². The summed E-state index contributed by atoms with van der Waals surface area (Å²) in [5.41, 5.74) is 4.11. The number of benzene rings is 1. The van der Waals surface area contributed by atoms with Gasteiger partial charge in [0.05, 0.1) is 17.5 Å². The Hall–Kier alpha value is -1.46. The molecule has 0 radical (unpaired) electrons. The van der Waals surface area contributed by atoms with Crippen LogP contribution in [0.3, 0.4) is 0 Å². The second-order valence-electron chi connectivity index (χ2n) is 5.61. The van der Waals surface area contributed by atoms with Crippen LogP contribution in [0.2, 0.25) is 5.02 Å². The molecule has 1 N–H and O–H groups in total. The van der Waals surface area contributed by atoms with Crippen molar-refractivity contribution in [2.75, 3.05) is 12.8 Å². The van der Waals surface area contributed by atoms with Gasteiger partial charge in [0.1, 0.15) is 0 Å². The van der Waals surface area contributed by atoms with Crippen molar-refractivity contribution in [1.82, 2.24) is 15.1 Å². The van der Waals surface area contributed by atoms with Gasteiger partial charge in [-0.05, 0) is 32.4 Å². The zero-order valence-corrected chi connectivity index (χ0v) is 15.5. The Labute approximate surface area is 146 Å². The largest absolute Gasteiger partial charge is 0.338 e. The van der Waals surface area contributed by atoms with E-state index in [2.05, 4.69) is 10.2 Å². The van der Waals surface area contributed by atoms with E-state index in [0.29, 0.717) is 5.75 Å². The number of hydrogen-bond donors (Lipinski definition) is 1. The van der Waals surface area contributed by atoms with Crippen molar-refractivity contribution >= 4 is 29.3 Å². The van der Waals surface area contributed by atoms with Crippen molar-refractivity contribution in [3.8, 4) is 0 Å². The number of rotatable bonds is 6. The third-order valence-corrected chi connectivity index (χ3v) is 5.35. The van der Waals surface area contributed by atoms with Gasteiger partial charge in [0.25, 0.3) is 0 Å². The molecule has 0 bridgehead atoms. The maximum absolute atomic E-state index is 12.4. The van der Waals surface area contributed by atoms with Gasteiger partial charge in [0, 0.05) is 29.1 Å². The van der Waals surface area contributed by atoms with Gasteiger partial charge < -0.3 is 4.90 Å². The lowest BCUT2D eigenvalue weighted by atomic mass is 10.1. The second kappa shape index (κ2) is 7.88. The molecule has 0 fully saturated rings. The molecule has 124 valence electrons. The van der Waals surface area contributed by atoms with Crippen LogP contribution in [-0.2, 0) is 10.5 Å². The predicted octanol–water partition coefficient (Wildman–Crippen LogP) is 4.13. The Bertz CT molecular complexity index is 667. The van der Waals surface area contributed by atoms with E-state index >= 15 is 0 Å². The highest BCUT2D eigenvalue weighted by Crippen LogP contribution is 2.25. The molecule has 0 saturated heterocycles. The number of aromatic nitrogens is 2. The molecule has 6 heteroatoms. The number of hydrogen-bond acceptors (Lipinski definition) is 3. The fourth-order valence-corrected chi connectivity index (χ4v) is 3.78. The van der Waals surface area contributed by atoms with Crippen molar-refractivity contribution in [1.29, 1.82) is 0 Å². The van der Waals surface area contributed by atoms with Gasteiger partial charge in [-0.1, -0.05) is 29.8 Å². The van der Waals surface area contributed by atoms with Gasteiger partial charge in [-0.3, -0.25) is 9.89 Å². The maximum atomic E-state index is 12.4. The van der Waals surface area contributed by atoms with Crippen LogP contribution in [0.4, 0.5) is 0 Å². The first-order valence-corrected chi connectivity index (χ1v) is 9.03. The number of nitrogens with zero attached hydrogens (tertiary/aromatic N) is 2. The number of carbonyl (C=O) groups is 1. The molecule has 0 spiro atoms. The molecule has 1 heterocycles. The van der Waals surface area contributed by atoms with E-state index in [-0.39, 0.29) is 11.9 Å². The molecule has 0 unspecified atom stereocenters. The van der Waals surface area contributed by atoms with Gasteiger partial charge in [0.2, 0.25) is 5.91 Å². The van der Waals surface area contributed by atoms with Crippen molar-refractivity contribution < 1.29 is 4.79 Å². The topological polar surface area (TPSA) is 49.0 Å². The second-order valence-corrected chi connectivity index (χ2v) is 7.01. The van der Waals surface area contributed by atoms with Crippen LogP contribution < -0.4 is 0 Å². The number of amides is 1. The van der Waals surface area contributed by atoms with Crippen molar-refractivity contribution in [2.24, 2.45) is 0 Å². The summed E-state index contributed by atoms with van der Waals surface area (Å²) in [5, 5.41) is 7.93. The van der Waals surface area contributed by atoms with E-state index < -0.39 is 0 Å². The average molecular weight is 352 g/mol. The van der Waals surface area contributed by atoms with E-state index in [4.69, 9.17) is 11.6 Å². The molecule has 1 aromatic carbocycles. The highest BCUT2D eigenvalue weighted by Gasteiger charge is 2.22. The summed E-state index contributed by atoms with van der Waals surface area (Å²) >= 11 is 7.72. The number of nitrogens with one attached hydrogen (secondary N) is 1. The molecule has 0 aliphatic carbocycles. The summed E-state index contributed by atoms with van der Waals surface area (Å²) in [6.07, 6.45) is 0. The first-order valence-electron chi connectivity index (χ1n) is 7.50. The molecule has 0 saturated carbocycles. The monoisotopic (exact) mass is 351 g/mol. The Morgan fingerprint density at radius 3 is 2.70 bits per heavy atom. The van der Waals surface area contributed by atoms with Gasteiger partial charge in [0.15, 0.2) is 0 Å². The first-order chi connectivity index (χ1) is 10.9. The number of aryl methyl sites for hydroxylation is 2. The lowest BCUT2D eigenvalue weighted by Gasteiger charge is -2.25. The van der Waals surface area contributed by atoms with Gasteiger partial charge >= 0.3 is 0 Å². The van der Waals surface area contributed by atoms with Crippen LogP contribution in [0.1, 0.15) is 35.5 Å². The molecular formula is C17H22ClN3OS. The van der Waals surface area contributed by atoms with Crippen LogP contribution in [0.25, 0.3) is 0 Å². The third-order valence-electron chi connectivity index (χ3n) is 4.02. The van der Waals surface area contributed by atoms with Crippen molar-refractivity contribution in [2.45, 2.75) is 32.6 Å².